The van der Waals surface area contributed by atoms with Crippen molar-refractivity contribution in [2.75, 3.05) is 6.54 Å². The second-order valence-corrected chi connectivity index (χ2v) is 5.06. The summed E-state index contributed by atoms with van der Waals surface area (Å²) in [5.41, 5.74) is 14.0. The van der Waals surface area contributed by atoms with Gasteiger partial charge in [0, 0.05) is 18.6 Å². The van der Waals surface area contributed by atoms with Gasteiger partial charge in [-0.3, -0.25) is 0 Å². The molecule has 3 unspecified atom stereocenters. The molecule has 0 radical (unpaired) electrons. The molecule has 3 atom stereocenters. The van der Waals surface area contributed by atoms with Gasteiger partial charge in [-0.25, -0.2) is 0 Å². The minimum absolute atomic E-state index is 0.399. The van der Waals surface area contributed by atoms with Crippen LogP contribution in [0.2, 0.25) is 0 Å². The molecule has 2 rings (SSSR count). The Kier molecular flexibility index (Phi) is 4.15. The highest BCUT2D eigenvalue weighted by Crippen LogP contribution is 2.30. The molecule has 5 N–H and O–H groups in total. The van der Waals surface area contributed by atoms with Crippen molar-refractivity contribution in [1.82, 2.24) is 5.32 Å². The number of rotatable bonds is 3. The third kappa shape index (κ3) is 2.86. The van der Waals surface area contributed by atoms with Crippen molar-refractivity contribution < 1.29 is 0 Å². The molecule has 1 aromatic rings. The van der Waals surface area contributed by atoms with E-state index in [4.69, 9.17) is 11.5 Å². The molecule has 1 fully saturated rings. The average Bonchev–Trinajstić information content (AvgIpc) is 2.39. The molecule has 1 aliphatic rings. The van der Waals surface area contributed by atoms with E-state index in [2.05, 4.69) is 36.5 Å². The van der Waals surface area contributed by atoms with Gasteiger partial charge in [0.2, 0.25) is 0 Å². The maximum absolute atomic E-state index is 5.87. The highest BCUT2D eigenvalue weighted by molar-refractivity contribution is 5.26. The number of piperidine rings is 1. The van der Waals surface area contributed by atoms with Crippen molar-refractivity contribution in [3.8, 4) is 0 Å². The van der Waals surface area contributed by atoms with Crippen molar-refractivity contribution in [2.45, 2.75) is 38.4 Å². The summed E-state index contributed by atoms with van der Waals surface area (Å²) in [4.78, 5) is 0. The van der Waals surface area contributed by atoms with E-state index in [0.29, 0.717) is 24.5 Å². The molecular formula is C14H23N3. The normalized spacial score (nSPS) is 29.2. The predicted molar refractivity (Wildman–Crippen MR) is 71.5 cm³/mol. The topological polar surface area (TPSA) is 64.1 Å². The quantitative estimate of drug-likeness (QED) is 0.742. The first kappa shape index (κ1) is 12.6. The molecule has 0 aromatic heterocycles. The van der Waals surface area contributed by atoms with Gasteiger partial charge in [0.15, 0.2) is 0 Å². The van der Waals surface area contributed by atoms with Crippen molar-refractivity contribution in [1.29, 1.82) is 0 Å². The van der Waals surface area contributed by atoms with Gasteiger partial charge in [0.05, 0.1) is 0 Å². The van der Waals surface area contributed by atoms with Crippen LogP contribution in [0.15, 0.2) is 24.3 Å². The molecule has 1 aromatic carbocycles. The Labute approximate surface area is 104 Å². The largest absolute Gasteiger partial charge is 0.330 e. The Morgan fingerprint density at radius 2 is 1.88 bits per heavy atom. The van der Waals surface area contributed by atoms with Gasteiger partial charge in [-0.15, -0.1) is 0 Å². The lowest BCUT2D eigenvalue weighted by atomic mass is 9.84. The van der Waals surface area contributed by atoms with Gasteiger partial charge in [-0.2, -0.15) is 0 Å². The molecule has 1 aliphatic heterocycles. The molecule has 17 heavy (non-hydrogen) atoms. The van der Waals surface area contributed by atoms with Gasteiger partial charge in [-0.1, -0.05) is 24.3 Å². The Morgan fingerprint density at radius 3 is 2.47 bits per heavy atom. The lowest BCUT2D eigenvalue weighted by molar-refractivity contribution is 0.246. The average molecular weight is 233 g/mol. The second kappa shape index (κ2) is 5.63. The molecule has 0 amide bonds. The van der Waals surface area contributed by atoms with Crippen molar-refractivity contribution in [2.24, 2.45) is 17.4 Å². The molecule has 0 saturated carbocycles. The first-order valence-corrected chi connectivity index (χ1v) is 6.49. The van der Waals surface area contributed by atoms with Gasteiger partial charge < -0.3 is 16.8 Å². The molecular weight excluding hydrogens is 210 g/mol. The Morgan fingerprint density at radius 1 is 1.18 bits per heavy atom. The Balaban J connectivity index is 2.16. The van der Waals surface area contributed by atoms with Crippen LogP contribution in [0, 0.1) is 5.92 Å². The van der Waals surface area contributed by atoms with Crippen LogP contribution in [0.4, 0.5) is 0 Å². The number of nitrogens with one attached hydrogen (secondary N) is 1. The number of hydrogen-bond acceptors (Lipinski definition) is 3. The zero-order chi connectivity index (χ0) is 12.3. The summed E-state index contributed by atoms with van der Waals surface area (Å²) in [6, 6.07) is 9.57. The van der Waals surface area contributed by atoms with Gasteiger partial charge >= 0.3 is 0 Å². The Hall–Kier alpha value is -0.900. The summed E-state index contributed by atoms with van der Waals surface area (Å²) in [5, 5.41) is 3.66. The third-order valence-electron chi connectivity index (χ3n) is 3.78. The monoisotopic (exact) mass is 233 g/mol. The first-order chi connectivity index (χ1) is 8.24. The van der Waals surface area contributed by atoms with E-state index in [-0.39, 0.29) is 0 Å². The maximum Gasteiger partial charge on any atom is 0.0362 e. The van der Waals surface area contributed by atoms with E-state index in [1.165, 1.54) is 24.0 Å². The molecule has 1 saturated heterocycles. The summed E-state index contributed by atoms with van der Waals surface area (Å²) in [6.07, 6.45) is 2.44. The smallest absolute Gasteiger partial charge is 0.0362 e. The van der Waals surface area contributed by atoms with E-state index >= 15 is 0 Å². The van der Waals surface area contributed by atoms with Crippen LogP contribution in [0.1, 0.15) is 36.9 Å². The van der Waals surface area contributed by atoms with Crippen LogP contribution >= 0.6 is 0 Å². The molecule has 3 heteroatoms. The summed E-state index contributed by atoms with van der Waals surface area (Å²) in [7, 11) is 0. The van der Waals surface area contributed by atoms with Crippen molar-refractivity contribution in [3.05, 3.63) is 35.4 Å². The fourth-order valence-corrected chi connectivity index (χ4v) is 2.64. The van der Waals surface area contributed by atoms with Crippen LogP contribution in [-0.2, 0) is 6.54 Å². The SMILES string of the molecule is CC1CCC(CN)C(c2ccc(CN)cc2)N1. The van der Waals surface area contributed by atoms with Crippen LogP contribution in [0.25, 0.3) is 0 Å². The molecule has 94 valence electrons. The van der Waals surface area contributed by atoms with E-state index in [1.807, 2.05) is 0 Å². The molecule has 0 bridgehead atoms. The van der Waals surface area contributed by atoms with Gasteiger partial charge in [0.25, 0.3) is 0 Å². The minimum Gasteiger partial charge on any atom is -0.330 e. The zero-order valence-electron chi connectivity index (χ0n) is 10.5. The predicted octanol–water partition coefficient (Wildman–Crippen LogP) is 1.53. The van der Waals surface area contributed by atoms with Crippen LogP contribution in [0.5, 0.6) is 0 Å². The third-order valence-corrected chi connectivity index (χ3v) is 3.78. The highest BCUT2D eigenvalue weighted by atomic mass is 15.0. The number of nitrogens with two attached hydrogens (primary N) is 2. The second-order valence-electron chi connectivity index (χ2n) is 5.06. The van der Waals surface area contributed by atoms with Crippen LogP contribution < -0.4 is 16.8 Å². The first-order valence-electron chi connectivity index (χ1n) is 6.49. The number of benzene rings is 1. The molecule has 0 spiro atoms. The summed E-state index contributed by atoms with van der Waals surface area (Å²) in [6.45, 7) is 3.60. The molecule has 1 heterocycles. The maximum atomic E-state index is 5.87. The lowest BCUT2D eigenvalue weighted by Crippen LogP contribution is -2.42. The van der Waals surface area contributed by atoms with Crippen LogP contribution in [-0.4, -0.2) is 12.6 Å². The fraction of sp³-hybridized carbons (Fsp3) is 0.571. The van der Waals surface area contributed by atoms with E-state index < -0.39 is 0 Å². The number of hydrogen-bond donors (Lipinski definition) is 3. The lowest BCUT2D eigenvalue weighted by Gasteiger charge is -2.36. The standard InChI is InChI=1S/C14H23N3/c1-10-2-5-13(9-16)14(17-10)12-6-3-11(8-15)4-7-12/h3-4,6-7,10,13-14,17H,2,5,8-9,15-16H2,1H3. The van der Waals surface area contributed by atoms with Crippen molar-refractivity contribution >= 4 is 0 Å². The van der Waals surface area contributed by atoms with Crippen molar-refractivity contribution in [3.63, 3.8) is 0 Å². The minimum atomic E-state index is 0.399. The van der Waals surface area contributed by atoms with Gasteiger partial charge in [0.1, 0.15) is 0 Å². The Bertz CT molecular complexity index is 347. The van der Waals surface area contributed by atoms with E-state index in [9.17, 15) is 0 Å². The summed E-state index contributed by atoms with van der Waals surface area (Å²) < 4.78 is 0. The molecule has 3 nitrogen and oxygen atoms in total. The highest BCUT2D eigenvalue weighted by Gasteiger charge is 2.27. The summed E-state index contributed by atoms with van der Waals surface area (Å²) >= 11 is 0. The van der Waals surface area contributed by atoms with Gasteiger partial charge in [-0.05, 0) is 43.4 Å². The summed E-state index contributed by atoms with van der Waals surface area (Å²) in [5.74, 6) is 0.551. The fourth-order valence-electron chi connectivity index (χ4n) is 2.64. The molecule has 0 aliphatic carbocycles. The zero-order valence-corrected chi connectivity index (χ0v) is 10.5. The van der Waals surface area contributed by atoms with Crippen LogP contribution in [0.3, 0.4) is 0 Å². The van der Waals surface area contributed by atoms with E-state index in [1.54, 1.807) is 0 Å². The van der Waals surface area contributed by atoms with E-state index in [0.717, 1.165) is 6.54 Å².